The van der Waals surface area contributed by atoms with Crippen molar-refractivity contribution in [2.24, 2.45) is 0 Å². The summed E-state index contributed by atoms with van der Waals surface area (Å²) in [5, 5.41) is 12.5. The summed E-state index contributed by atoms with van der Waals surface area (Å²) in [4.78, 5) is 40.5. The summed E-state index contributed by atoms with van der Waals surface area (Å²) >= 11 is 2.66. The highest BCUT2D eigenvalue weighted by molar-refractivity contribution is 7.99. The lowest BCUT2D eigenvalue weighted by molar-refractivity contribution is -0.119. The summed E-state index contributed by atoms with van der Waals surface area (Å²) in [6.45, 7) is 1.48. The molecular weight excluding hydrogens is 496 g/mol. The van der Waals surface area contributed by atoms with E-state index in [2.05, 4.69) is 11.4 Å². The van der Waals surface area contributed by atoms with Crippen LogP contribution in [-0.4, -0.2) is 31.1 Å². The second-order valence-corrected chi connectivity index (χ2v) is 10.2. The average molecular weight is 521 g/mol. The molecule has 0 bridgehead atoms. The lowest BCUT2D eigenvalue weighted by Crippen LogP contribution is -2.22. The maximum Gasteiger partial charge on any atom is 0.341 e. The smallest absolute Gasteiger partial charge is 0.341 e. The molecule has 0 radical (unpaired) electrons. The maximum absolute atomic E-state index is 12.8. The van der Waals surface area contributed by atoms with Gasteiger partial charge in [0, 0.05) is 14.7 Å². The topological polar surface area (TPSA) is 105 Å². The molecule has 1 aliphatic carbocycles. The molecular formula is C27H24N2O5S2. The van der Waals surface area contributed by atoms with Gasteiger partial charge in [0.1, 0.15) is 11.1 Å². The van der Waals surface area contributed by atoms with Crippen molar-refractivity contribution < 1.29 is 23.9 Å². The number of anilines is 1. The molecule has 0 spiro atoms. The van der Waals surface area contributed by atoms with Crippen molar-refractivity contribution in [2.45, 2.75) is 42.4 Å². The van der Waals surface area contributed by atoms with E-state index in [4.69, 9.17) is 9.47 Å². The molecule has 0 fully saturated rings. The van der Waals surface area contributed by atoms with E-state index in [9.17, 15) is 19.6 Å². The van der Waals surface area contributed by atoms with Gasteiger partial charge in [0.2, 0.25) is 0 Å². The van der Waals surface area contributed by atoms with Crippen LogP contribution in [0.4, 0.5) is 5.00 Å². The van der Waals surface area contributed by atoms with Gasteiger partial charge < -0.3 is 14.8 Å². The molecule has 3 aromatic rings. The molecule has 9 heteroatoms. The van der Waals surface area contributed by atoms with Gasteiger partial charge in [-0.2, -0.15) is 5.26 Å². The van der Waals surface area contributed by atoms with Crippen LogP contribution in [0.15, 0.2) is 58.3 Å². The highest BCUT2D eigenvalue weighted by atomic mass is 32.2. The van der Waals surface area contributed by atoms with Gasteiger partial charge in [-0.15, -0.1) is 11.3 Å². The zero-order valence-electron chi connectivity index (χ0n) is 19.7. The monoisotopic (exact) mass is 520 g/mol. The molecule has 7 nitrogen and oxygen atoms in total. The molecule has 0 saturated heterocycles. The Hall–Kier alpha value is -3.61. The highest BCUT2D eigenvalue weighted by Crippen LogP contribution is 2.38. The second-order valence-electron chi connectivity index (χ2n) is 7.97. The SMILES string of the molecule is CCOC(=O)c1c(NC(=O)COC(=O)c2ccccc2Sc2ccccc2C#N)sc2c1CCCC2. The second kappa shape index (κ2) is 11.9. The van der Waals surface area contributed by atoms with Gasteiger partial charge in [-0.25, -0.2) is 9.59 Å². The molecule has 0 unspecified atom stereocenters. The van der Waals surface area contributed by atoms with E-state index in [1.54, 1.807) is 49.4 Å². The fourth-order valence-corrected chi connectivity index (χ4v) is 6.24. The fraction of sp³-hybridized carbons (Fsp3) is 0.259. The molecule has 4 rings (SSSR count). The van der Waals surface area contributed by atoms with E-state index < -0.39 is 24.5 Å². The third-order valence-corrected chi connectivity index (χ3v) is 7.93. The quantitative estimate of drug-likeness (QED) is 0.384. The van der Waals surface area contributed by atoms with Crippen molar-refractivity contribution in [3.05, 3.63) is 75.7 Å². The molecule has 0 aliphatic heterocycles. The van der Waals surface area contributed by atoms with Crippen molar-refractivity contribution in [3.63, 3.8) is 0 Å². The number of aryl methyl sites for hydroxylation is 1. The van der Waals surface area contributed by atoms with Crippen LogP contribution in [0.25, 0.3) is 0 Å². The van der Waals surface area contributed by atoms with E-state index in [0.717, 1.165) is 36.1 Å². The molecule has 1 amide bonds. The van der Waals surface area contributed by atoms with Crippen LogP contribution >= 0.6 is 23.1 Å². The minimum atomic E-state index is -0.654. The summed E-state index contributed by atoms with van der Waals surface area (Å²) < 4.78 is 10.5. The van der Waals surface area contributed by atoms with Crippen LogP contribution in [0.3, 0.4) is 0 Å². The van der Waals surface area contributed by atoms with Crippen LogP contribution in [0.1, 0.15) is 56.5 Å². The Balaban J connectivity index is 1.45. The van der Waals surface area contributed by atoms with Crippen molar-refractivity contribution >= 4 is 45.9 Å². The Kier molecular flexibility index (Phi) is 8.41. The third kappa shape index (κ3) is 5.78. The predicted octanol–water partition coefficient (Wildman–Crippen LogP) is 5.62. The van der Waals surface area contributed by atoms with Gasteiger partial charge in [-0.05, 0) is 62.4 Å². The van der Waals surface area contributed by atoms with E-state index in [1.165, 1.54) is 23.1 Å². The standard InChI is InChI=1S/C27H24N2O5S2/c1-2-33-27(32)24-18-10-4-7-13-21(18)36-25(24)29-23(30)16-34-26(31)19-11-5-8-14-22(19)35-20-12-6-3-9-17(20)15-28/h3,5-6,8-9,11-12,14H,2,4,7,10,13,16H2,1H3,(H,29,30). The normalized spacial score (nSPS) is 12.2. The first-order valence-corrected chi connectivity index (χ1v) is 13.2. The zero-order valence-corrected chi connectivity index (χ0v) is 21.3. The molecule has 184 valence electrons. The molecule has 0 atom stereocenters. The number of carbonyl (C=O) groups excluding carboxylic acids is 3. The van der Waals surface area contributed by atoms with Gasteiger partial charge in [0.15, 0.2) is 6.61 Å². The number of nitrogens with zero attached hydrogens (tertiary/aromatic N) is 1. The number of hydrogen-bond donors (Lipinski definition) is 1. The average Bonchev–Trinajstić information content (AvgIpc) is 3.26. The fourth-order valence-electron chi connectivity index (χ4n) is 3.94. The number of ether oxygens (including phenoxy) is 2. The number of benzene rings is 2. The highest BCUT2D eigenvalue weighted by Gasteiger charge is 2.27. The molecule has 36 heavy (non-hydrogen) atoms. The van der Waals surface area contributed by atoms with Gasteiger partial charge in [-0.1, -0.05) is 36.0 Å². The first-order chi connectivity index (χ1) is 17.5. The van der Waals surface area contributed by atoms with Gasteiger partial charge in [-0.3, -0.25) is 4.79 Å². The first kappa shape index (κ1) is 25.5. The Morgan fingerprint density at radius 1 is 1.00 bits per heavy atom. The maximum atomic E-state index is 12.8. The van der Waals surface area contributed by atoms with Gasteiger partial charge in [0.05, 0.1) is 23.3 Å². The van der Waals surface area contributed by atoms with Crippen LogP contribution in [0.5, 0.6) is 0 Å². The van der Waals surface area contributed by atoms with E-state index in [-0.39, 0.29) is 6.61 Å². The molecule has 1 aromatic heterocycles. The number of hydrogen-bond acceptors (Lipinski definition) is 8. The minimum absolute atomic E-state index is 0.241. The van der Waals surface area contributed by atoms with E-state index >= 15 is 0 Å². The minimum Gasteiger partial charge on any atom is -0.462 e. The molecule has 0 saturated carbocycles. The number of thiophene rings is 1. The number of rotatable bonds is 8. The van der Waals surface area contributed by atoms with Crippen LogP contribution < -0.4 is 5.32 Å². The predicted molar refractivity (Wildman–Crippen MR) is 138 cm³/mol. The summed E-state index contributed by atoms with van der Waals surface area (Å²) in [5.74, 6) is -1.64. The number of esters is 2. The Bertz CT molecular complexity index is 1340. The lowest BCUT2D eigenvalue weighted by atomic mass is 9.95. The first-order valence-electron chi connectivity index (χ1n) is 11.6. The third-order valence-electron chi connectivity index (χ3n) is 5.57. The van der Waals surface area contributed by atoms with Crippen molar-refractivity contribution in [1.29, 1.82) is 5.26 Å². The van der Waals surface area contributed by atoms with Crippen molar-refractivity contribution in [3.8, 4) is 6.07 Å². The van der Waals surface area contributed by atoms with Crippen LogP contribution in [-0.2, 0) is 27.1 Å². The molecule has 1 aliphatic rings. The van der Waals surface area contributed by atoms with E-state index in [0.29, 0.717) is 31.5 Å². The van der Waals surface area contributed by atoms with Gasteiger partial charge in [0.25, 0.3) is 5.91 Å². The summed E-state index contributed by atoms with van der Waals surface area (Å²) in [6, 6.07) is 16.1. The molecule has 1 N–H and O–H groups in total. The number of amides is 1. The van der Waals surface area contributed by atoms with Gasteiger partial charge >= 0.3 is 11.9 Å². The Labute approximate surface area is 217 Å². The summed E-state index contributed by atoms with van der Waals surface area (Å²) in [7, 11) is 0. The Morgan fingerprint density at radius 3 is 2.50 bits per heavy atom. The summed E-state index contributed by atoms with van der Waals surface area (Å²) in [6.07, 6.45) is 3.66. The largest absolute Gasteiger partial charge is 0.462 e. The number of fused-ring (bicyclic) bond motifs is 1. The van der Waals surface area contributed by atoms with Crippen LogP contribution in [0, 0.1) is 11.3 Å². The Morgan fingerprint density at radius 2 is 1.72 bits per heavy atom. The molecule has 1 heterocycles. The van der Waals surface area contributed by atoms with Crippen molar-refractivity contribution in [2.75, 3.05) is 18.5 Å². The van der Waals surface area contributed by atoms with E-state index in [1.807, 2.05) is 6.07 Å². The number of carbonyl (C=O) groups is 3. The van der Waals surface area contributed by atoms with Crippen molar-refractivity contribution in [1.82, 2.24) is 0 Å². The molecule has 2 aromatic carbocycles. The zero-order chi connectivity index (χ0) is 25.5. The van der Waals surface area contributed by atoms with Crippen LogP contribution in [0.2, 0.25) is 0 Å². The summed E-state index contributed by atoms with van der Waals surface area (Å²) in [5.41, 5.74) is 2.15. The number of nitriles is 1. The lowest BCUT2D eigenvalue weighted by Gasteiger charge is -2.12. The number of nitrogens with one attached hydrogen (secondary N) is 1.